The maximum absolute atomic E-state index is 5.54. The molecule has 2 aromatic rings. The molecule has 6 nitrogen and oxygen atoms in total. The molecule has 6 heteroatoms. The number of nitrogens with one attached hydrogen (secondary N) is 1. The van der Waals surface area contributed by atoms with E-state index in [9.17, 15) is 0 Å². The largest absolute Gasteiger partial charge is 0.335 e. The minimum Gasteiger partial charge on any atom is -0.335 e. The minimum absolute atomic E-state index is 0.157. The normalized spacial score (nSPS) is 11.9. The molecule has 0 spiro atoms. The van der Waals surface area contributed by atoms with E-state index in [1.165, 1.54) is 16.6 Å². The molecule has 0 saturated carbocycles. The second kappa shape index (κ2) is 5.09. The fraction of sp³-hybridized carbons (Fsp3) is 0.308. The molecule has 3 N–H and O–H groups in total. The third-order valence-electron chi connectivity index (χ3n) is 2.73. The molecular formula is C13H18N6. The molecule has 1 heterocycles. The van der Waals surface area contributed by atoms with Gasteiger partial charge in [0.1, 0.15) is 6.33 Å². The Labute approximate surface area is 112 Å². The first-order valence-electron chi connectivity index (χ1n) is 6.01. The summed E-state index contributed by atoms with van der Waals surface area (Å²) < 4.78 is 1.26. The molecule has 1 aromatic carbocycles. The zero-order chi connectivity index (χ0) is 13.9. The molecule has 0 amide bonds. The maximum Gasteiger partial charge on any atom is 0.263 e. The average molecular weight is 258 g/mol. The molecule has 0 aliphatic heterocycles. The number of nitrogen functional groups attached to an aromatic ring is 1. The number of aromatic nitrogens is 3. The predicted molar refractivity (Wildman–Crippen MR) is 76.5 cm³/mol. The Morgan fingerprint density at radius 3 is 2.47 bits per heavy atom. The van der Waals surface area contributed by atoms with Crippen LogP contribution in [0.3, 0.4) is 0 Å². The van der Waals surface area contributed by atoms with Gasteiger partial charge >= 0.3 is 0 Å². The summed E-state index contributed by atoms with van der Waals surface area (Å²) in [5.41, 5.74) is 5.17. The second-order valence-corrected chi connectivity index (χ2v) is 5.30. The molecule has 0 saturated heterocycles. The lowest BCUT2D eigenvalue weighted by Gasteiger charge is -2.18. The Morgan fingerprint density at radius 1 is 1.26 bits per heavy atom. The Balaban J connectivity index is 2.02. The van der Waals surface area contributed by atoms with Crippen LogP contribution in [0, 0.1) is 0 Å². The van der Waals surface area contributed by atoms with E-state index in [2.05, 4.69) is 53.6 Å². The number of hydrogen-bond donors (Lipinski definition) is 2. The van der Waals surface area contributed by atoms with Crippen molar-refractivity contribution in [3.8, 4) is 0 Å². The first-order valence-corrected chi connectivity index (χ1v) is 6.01. The van der Waals surface area contributed by atoms with Gasteiger partial charge in [-0.15, -0.1) is 10.2 Å². The van der Waals surface area contributed by atoms with Gasteiger partial charge in [0.25, 0.3) is 5.95 Å². The summed E-state index contributed by atoms with van der Waals surface area (Å²) in [4.78, 5) is 0. The number of hydrogen-bond acceptors (Lipinski definition) is 5. The summed E-state index contributed by atoms with van der Waals surface area (Å²) in [6.07, 6.45) is 3.11. The van der Waals surface area contributed by atoms with E-state index in [-0.39, 0.29) is 5.41 Å². The predicted octanol–water partition coefficient (Wildman–Crippen LogP) is 1.74. The lowest BCUT2D eigenvalue weighted by atomic mass is 9.87. The average Bonchev–Trinajstić information content (AvgIpc) is 2.75. The Morgan fingerprint density at radius 2 is 1.95 bits per heavy atom. The molecule has 19 heavy (non-hydrogen) atoms. The summed E-state index contributed by atoms with van der Waals surface area (Å²) in [5.74, 6) is 5.93. The van der Waals surface area contributed by atoms with Crippen LogP contribution < -0.4 is 11.3 Å². The Bertz CT molecular complexity index is 562. The van der Waals surface area contributed by atoms with Crippen molar-refractivity contribution in [2.24, 2.45) is 5.10 Å². The van der Waals surface area contributed by atoms with Crippen molar-refractivity contribution in [2.75, 3.05) is 11.3 Å². The van der Waals surface area contributed by atoms with Gasteiger partial charge in [-0.25, -0.2) is 10.1 Å². The lowest BCUT2D eigenvalue weighted by Crippen LogP contribution is -2.11. The molecule has 0 unspecified atom stereocenters. The Hall–Kier alpha value is -2.37. The lowest BCUT2D eigenvalue weighted by molar-refractivity contribution is 0.590. The van der Waals surface area contributed by atoms with Gasteiger partial charge in [-0.1, -0.05) is 45.0 Å². The smallest absolute Gasteiger partial charge is 0.263 e. The van der Waals surface area contributed by atoms with Crippen LogP contribution in [0.1, 0.15) is 31.9 Å². The van der Waals surface area contributed by atoms with Crippen LogP contribution in [-0.2, 0) is 5.41 Å². The highest BCUT2D eigenvalue weighted by atomic mass is 15.5. The van der Waals surface area contributed by atoms with Crippen molar-refractivity contribution in [3.05, 3.63) is 41.7 Å². The molecule has 0 radical (unpaired) electrons. The molecule has 100 valence electrons. The van der Waals surface area contributed by atoms with E-state index < -0.39 is 0 Å². The van der Waals surface area contributed by atoms with Gasteiger partial charge in [0, 0.05) is 0 Å². The quantitative estimate of drug-likeness (QED) is 0.499. The van der Waals surface area contributed by atoms with Gasteiger partial charge in [-0.05, 0) is 16.5 Å². The van der Waals surface area contributed by atoms with E-state index in [4.69, 9.17) is 5.84 Å². The SMILES string of the molecule is CC(C)(C)c1ccc(C=NNc2nncn2N)cc1. The van der Waals surface area contributed by atoms with E-state index in [0.29, 0.717) is 5.95 Å². The van der Waals surface area contributed by atoms with Crippen molar-refractivity contribution >= 4 is 12.2 Å². The summed E-state index contributed by atoms with van der Waals surface area (Å²) >= 11 is 0. The van der Waals surface area contributed by atoms with E-state index in [1.807, 2.05) is 12.1 Å². The van der Waals surface area contributed by atoms with Gasteiger partial charge < -0.3 is 5.84 Å². The topological polar surface area (TPSA) is 81.1 Å². The molecule has 0 atom stereocenters. The number of anilines is 1. The van der Waals surface area contributed by atoms with Crippen LogP contribution in [0.2, 0.25) is 0 Å². The third-order valence-corrected chi connectivity index (χ3v) is 2.73. The first kappa shape index (κ1) is 13.1. The van der Waals surface area contributed by atoms with Gasteiger partial charge in [0.05, 0.1) is 6.21 Å². The van der Waals surface area contributed by atoms with Gasteiger partial charge in [-0.2, -0.15) is 5.10 Å². The fourth-order valence-electron chi connectivity index (χ4n) is 1.56. The van der Waals surface area contributed by atoms with Gasteiger partial charge in [-0.3, -0.25) is 0 Å². The van der Waals surface area contributed by atoms with Crippen LogP contribution >= 0.6 is 0 Å². The number of hydrazone groups is 1. The van der Waals surface area contributed by atoms with Gasteiger partial charge in [0.15, 0.2) is 0 Å². The van der Waals surface area contributed by atoms with Gasteiger partial charge in [0.2, 0.25) is 0 Å². The van der Waals surface area contributed by atoms with Crippen molar-refractivity contribution in [1.82, 2.24) is 14.9 Å². The summed E-state index contributed by atoms with van der Waals surface area (Å²) in [7, 11) is 0. The van der Waals surface area contributed by atoms with Crippen LogP contribution in [0.4, 0.5) is 5.95 Å². The summed E-state index contributed by atoms with van der Waals surface area (Å²) in [5, 5.41) is 11.5. The standard InChI is InChI=1S/C13H18N6/c1-13(2,3)11-6-4-10(5-7-11)8-15-17-12-18-16-9-19(12)14/h4-9H,14H2,1-3H3,(H,17,18). The van der Waals surface area contributed by atoms with Crippen molar-refractivity contribution < 1.29 is 0 Å². The molecule has 0 aliphatic carbocycles. The van der Waals surface area contributed by atoms with E-state index in [1.54, 1.807) is 6.21 Å². The summed E-state index contributed by atoms with van der Waals surface area (Å²) in [6.45, 7) is 6.56. The van der Waals surface area contributed by atoms with Crippen molar-refractivity contribution in [3.63, 3.8) is 0 Å². The highest BCUT2D eigenvalue weighted by Crippen LogP contribution is 2.21. The zero-order valence-electron chi connectivity index (χ0n) is 11.3. The van der Waals surface area contributed by atoms with Crippen molar-refractivity contribution in [1.29, 1.82) is 0 Å². The third kappa shape index (κ3) is 3.31. The fourth-order valence-corrected chi connectivity index (χ4v) is 1.56. The molecular weight excluding hydrogens is 240 g/mol. The molecule has 0 bridgehead atoms. The number of benzene rings is 1. The molecule has 0 aliphatic rings. The highest BCUT2D eigenvalue weighted by Gasteiger charge is 2.12. The first-order chi connectivity index (χ1) is 8.97. The van der Waals surface area contributed by atoms with Crippen LogP contribution in [0.15, 0.2) is 35.7 Å². The second-order valence-electron chi connectivity index (χ2n) is 5.30. The molecule has 2 rings (SSSR count). The van der Waals surface area contributed by atoms with E-state index >= 15 is 0 Å². The monoisotopic (exact) mass is 258 g/mol. The Kier molecular flexibility index (Phi) is 3.50. The number of nitrogens with zero attached hydrogens (tertiary/aromatic N) is 4. The zero-order valence-corrected chi connectivity index (χ0v) is 11.3. The maximum atomic E-state index is 5.54. The van der Waals surface area contributed by atoms with Crippen LogP contribution in [0.25, 0.3) is 0 Å². The number of nitrogens with two attached hydrogens (primary N) is 1. The highest BCUT2D eigenvalue weighted by molar-refractivity contribution is 5.80. The van der Waals surface area contributed by atoms with Crippen LogP contribution in [0.5, 0.6) is 0 Å². The minimum atomic E-state index is 0.157. The number of rotatable bonds is 3. The summed E-state index contributed by atoms with van der Waals surface area (Å²) in [6, 6.07) is 8.26. The van der Waals surface area contributed by atoms with E-state index in [0.717, 1.165) is 5.56 Å². The van der Waals surface area contributed by atoms with Crippen molar-refractivity contribution in [2.45, 2.75) is 26.2 Å². The molecule has 0 fully saturated rings. The molecule has 1 aromatic heterocycles. The van der Waals surface area contributed by atoms with Crippen LogP contribution in [-0.4, -0.2) is 21.1 Å².